The van der Waals surface area contributed by atoms with Crippen molar-refractivity contribution in [3.05, 3.63) is 28.2 Å². The Morgan fingerprint density at radius 1 is 1.42 bits per heavy atom. The fraction of sp³-hybridized carbons (Fsp3) is 0.429. The summed E-state index contributed by atoms with van der Waals surface area (Å²) in [6.45, 7) is 2.17. The Morgan fingerprint density at radius 2 is 2.21 bits per heavy atom. The summed E-state index contributed by atoms with van der Waals surface area (Å²) >= 11 is 3.22. The van der Waals surface area contributed by atoms with Gasteiger partial charge in [-0.25, -0.2) is 5.43 Å². The Hall–Kier alpha value is -1.36. The SMILES string of the molecule is CCCCCC/C=N/NC(=O)c1ccc(Br)cc1O. The van der Waals surface area contributed by atoms with Crippen LogP contribution < -0.4 is 5.43 Å². The maximum Gasteiger partial charge on any atom is 0.275 e. The number of carbonyl (C=O) groups excluding carboxylic acids is 1. The molecule has 0 bridgehead atoms. The summed E-state index contributed by atoms with van der Waals surface area (Å²) in [6, 6.07) is 4.72. The topological polar surface area (TPSA) is 61.7 Å². The zero-order valence-electron chi connectivity index (χ0n) is 11.0. The first kappa shape index (κ1) is 15.7. The largest absolute Gasteiger partial charge is 0.507 e. The molecular formula is C14H19BrN2O2. The number of hydrazone groups is 1. The first-order valence-electron chi connectivity index (χ1n) is 6.45. The van der Waals surface area contributed by atoms with Crippen LogP contribution in [0.15, 0.2) is 27.8 Å². The van der Waals surface area contributed by atoms with Gasteiger partial charge in [-0.2, -0.15) is 5.10 Å². The molecule has 5 heteroatoms. The monoisotopic (exact) mass is 326 g/mol. The fourth-order valence-electron chi connectivity index (χ4n) is 1.59. The van der Waals surface area contributed by atoms with Gasteiger partial charge in [-0.1, -0.05) is 42.1 Å². The van der Waals surface area contributed by atoms with Crippen molar-refractivity contribution in [1.29, 1.82) is 0 Å². The van der Waals surface area contributed by atoms with Crippen LogP contribution in [0.3, 0.4) is 0 Å². The highest BCUT2D eigenvalue weighted by molar-refractivity contribution is 9.10. The van der Waals surface area contributed by atoms with Crippen LogP contribution >= 0.6 is 15.9 Å². The van der Waals surface area contributed by atoms with Crippen LogP contribution in [0.5, 0.6) is 5.75 Å². The number of amides is 1. The minimum atomic E-state index is -0.408. The van der Waals surface area contributed by atoms with Crippen molar-refractivity contribution in [2.45, 2.75) is 39.0 Å². The van der Waals surface area contributed by atoms with E-state index in [4.69, 9.17) is 0 Å². The molecule has 0 saturated heterocycles. The van der Waals surface area contributed by atoms with Gasteiger partial charge in [0.05, 0.1) is 5.56 Å². The number of aromatic hydroxyl groups is 1. The molecule has 0 unspecified atom stereocenters. The van der Waals surface area contributed by atoms with E-state index >= 15 is 0 Å². The van der Waals surface area contributed by atoms with E-state index in [1.807, 2.05) is 0 Å². The van der Waals surface area contributed by atoms with Crippen molar-refractivity contribution < 1.29 is 9.90 Å². The molecule has 0 fully saturated rings. The fourth-order valence-corrected chi connectivity index (χ4v) is 1.94. The predicted molar refractivity (Wildman–Crippen MR) is 80.5 cm³/mol. The molecule has 1 aromatic carbocycles. The van der Waals surface area contributed by atoms with Crippen molar-refractivity contribution in [3.63, 3.8) is 0 Å². The van der Waals surface area contributed by atoms with E-state index in [0.717, 1.165) is 17.3 Å². The Balaban J connectivity index is 2.36. The zero-order chi connectivity index (χ0) is 14.1. The number of phenols is 1. The second-order valence-electron chi connectivity index (χ2n) is 4.26. The molecule has 1 rings (SSSR count). The molecule has 0 atom stereocenters. The number of halogens is 1. The number of unbranched alkanes of at least 4 members (excludes halogenated alkanes) is 4. The molecule has 0 aromatic heterocycles. The second-order valence-corrected chi connectivity index (χ2v) is 5.18. The molecule has 1 aromatic rings. The number of rotatable bonds is 7. The van der Waals surface area contributed by atoms with Gasteiger partial charge in [-0.15, -0.1) is 0 Å². The molecule has 0 spiro atoms. The van der Waals surface area contributed by atoms with Crippen LogP contribution in [-0.4, -0.2) is 17.2 Å². The summed E-state index contributed by atoms with van der Waals surface area (Å²) in [7, 11) is 0. The second kappa shape index (κ2) is 8.69. The van der Waals surface area contributed by atoms with Gasteiger partial charge in [-0.05, 0) is 31.0 Å². The summed E-state index contributed by atoms with van der Waals surface area (Å²) < 4.78 is 0.723. The Labute approximate surface area is 122 Å². The quantitative estimate of drug-likeness (QED) is 0.454. The van der Waals surface area contributed by atoms with E-state index in [9.17, 15) is 9.90 Å². The van der Waals surface area contributed by atoms with Gasteiger partial charge in [0.25, 0.3) is 5.91 Å². The summed E-state index contributed by atoms with van der Waals surface area (Å²) in [5.74, 6) is -0.472. The predicted octanol–water partition coefficient (Wildman–Crippen LogP) is 3.84. The maximum absolute atomic E-state index is 11.7. The van der Waals surface area contributed by atoms with E-state index in [-0.39, 0.29) is 11.3 Å². The minimum absolute atomic E-state index is 0.0648. The number of nitrogens with zero attached hydrogens (tertiary/aromatic N) is 1. The first-order valence-corrected chi connectivity index (χ1v) is 7.24. The first-order chi connectivity index (χ1) is 9.15. The van der Waals surface area contributed by atoms with Crippen molar-refractivity contribution in [3.8, 4) is 5.75 Å². The average Bonchev–Trinajstić information content (AvgIpc) is 2.37. The molecule has 1 amide bonds. The number of carbonyl (C=O) groups is 1. The Morgan fingerprint density at radius 3 is 2.89 bits per heavy atom. The van der Waals surface area contributed by atoms with Crippen LogP contribution in [-0.2, 0) is 0 Å². The van der Waals surface area contributed by atoms with Gasteiger partial charge in [-0.3, -0.25) is 4.79 Å². The maximum atomic E-state index is 11.7. The molecule has 104 valence electrons. The third kappa shape index (κ3) is 5.87. The van der Waals surface area contributed by atoms with Gasteiger partial charge < -0.3 is 5.11 Å². The van der Waals surface area contributed by atoms with Gasteiger partial charge in [0.2, 0.25) is 0 Å². The molecule has 0 radical (unpaired) electrons. The molecule has 0 aliphatic rings. The van der Waals surface area contributed by atoms with E-state index < -0.39 is 5.91 Å². The third-order valence-corrected chi connectivity index (χ3v) is 3.14. The van der Waals surface area contributed by atoms with E-state index in [1.165, 1.54) is 25.3 Å². The Bertz CT molecular complexity index is 447. The summed E-state index contributed by atoms with van der Waals surface area (Å²) in [6.07, 6.45) is 7.25. The van der Waals surface area contributed by atoms with E-state index in [1.54, 1.807) is 18.3 Å². The van der Waals surface area contributed by atoms with Crippen molar-refractivity contribution in [1.82, 2.24) is 5.43 Å². The third-order valence-electron chi connectivity index (χ3n) is 2.65. The normalized spacial score (nSPS) is 10.8. The van der Waals surface area contributed by atoms with Crippen LogP contribution in [0.4, 0.5) is 0 Å². The molecule has 4 nitrogen and oxygen atoms in total. The highest BCUT2D eigenvalue weighted by Gasteiger charge is 2.09. The van der Waals surface area contributed by atoms with Gasteiger partial charge in [0, 0.05) is 10.7 Å². The summed E-state index contributed by atoms with van der Waals surface area (Å²) in [5.41, 5.74) is 2.62. The lowest BCUT2D eigenvalue weighted by molar-refractivity contribution is 0.0952. The summed E-state index contributed by atoms with van der Waals surface area (Å²) in [4.78, 5) is 11.7. The number of nitrogens with one attached hydrogen (secondary N) is 1. The van der Waals surface area contributed by atoms with E-state index in [0.29, 0.717) is 0 Å². The lowest BCUT2D eigenvalue weighted by Gasteiger charge is -2.03. The van der Waals surface area contributed by atoms with Crippen LogP contribution in [0.2, 0.25) is 0 Å². The van der Waals surface area contributed by atoms with Crippen molar-refractivity contribution in [2.75, 3.05) is 0 Å². The molecule has 0 saturated carbocycles. The molecule has 0 aliphatic carbocycles. The smallest absolute Gasteiger partial charge is 0.275 e. The molecule has 0 heterocycles. The van der Waals surface area contributed by atoms with Gasteiger partial charge >= 0.3 is 0 Å². The lowest BCUT2D eigenvalue weighted by atomic mass is 10.2. The van der Waals surface area contributed by atoms with Crippen molar-refractivity contribution >= 4 is 28.1 Å². The van der Waals surface area contributed by atoms with Crippen LogP contribution in [0, 0.1) is 0 Å². The number of benzene rings is 1. The minimum Gasteiger partial charge on any atom is -0.507 e. The van der Waals surface area contributed by atoms with Gasteiger partial charge in [0.15, 0.2) is 0 Å². The molecular weight excluding hydrogens is 308 g/mol. The molecule has 19 heavy (non-hydrogen) atoms. The molecule has 2 N–H and O–H groups in total. The van der Waals surface area contributed by atoms with Crippen LogP contribution in [0.25, 0.3) is 0 Å². The number of hydrogen-bond donors (Lipinski definition) is 2. The Kier molecular flexibility index (Phi) is 7.18. The summed E-state index contributed by atoms with van der Waals surface area (Å²) in [5, 5.41) is 13.5. The van der Waals surface area contributed by atoms with Crippen LogP contribution in [0.1, 0.15) is 49.4 Å². The van der Waals surface area contributed by atoms with Gasteiger partial charge in [0.1, 0.15) is 5.75 Å². The highest BCUT2D eigenvalue weighted by atomic mass is 79.9. The average molecular weight is 327 g/mol. The number of phenolic OH excluding ortho intramolecular Hbond substituents is 1. The number of hydrogen-bond acceptors (Lipinski definition) is 3. The molecule has 0 aliphatic heterocycles. The standard InChI is InChI=1S/C14H19BrN2O2/c1-2-3-4-5-6-9-16-17-14(19)12-8-7-11(15)10-13(12)18/h7-10,18H,2-6H2,1H3,(H,17,19)/b16-9+. The zero-order valence-corrected chi connectivity index (χ0v) is 12.6. The van der Waals surface area contributed by atoms with E-state index in [2.05, 4.69) is 33.4 Å². The lowest BCUT2D eigenvalue weighted by Crippen LogP contribution is -2.17. The van der Waals surface area contributed by atoms with Crippen molar-refractivity contribution in [2.24, 2.45) is 5.10 Å². The highest BCUT2D eigenvalue weighted by Crippen LogP contribution is 2.21.